The number of amides is 1. The summed E-state index contributed by atoms with van der Waals surface area (Å²) in [6, 6.07) is 15.7. The molecule has 0 saturated carbocycles. The van der Waals surface area contributed by atoms with E-state index in [1.165, 1.54) is 16.9 Å². The van der Waals surface area contributed by atoms with Crippen molar-refractivity contribution in [1.82, 2.24) is 14.5 Å². The molecule has 2 aromatic carbocycles. The molecule has 8 heteroatoms. The highest BCUT2D eigenvalue weighted by atomic mass is 35.5. The molecule has 0 saturated heterocycles. The summed E-state index contributed by atoms with van der Waals surface area (Å²) in [6.45, 7) is 3.67. The molecule has 0 atom stereocenters. The summed E-state index contributed by atoms with van der Waals surface area (Å²) in [5, 5.41) is 4.24. The second-order valence-electron chi connectivity index (χ2n) is 6.84. The highest BCUT2D eigenvalue weighted by Crippen LogP contribution is 2.31. The SMILES string of the molecule is CCc1ccc(N(C(C)=O)c2nc(CSc3nccn3-c3ccc(Cl)cc3)cs2)cc1. The number of hydrogen-bond acceptors (Lipinski definition) is 5. The molecule has 0 unspecified atom stereocenters. The fraction of sp³-hybridized carbons (Fsp3) is 0.174. The molecule has 31 heavy (non-hydrogen) atoms. The van der Waals surface area contributed by atoms with Crippen molar-refractivity contribution in [3.8, 4) is 5.69 Å². The lowest BCUT2D eigenvalue weighted by atomic mass is 10.1. The third-order valence-corrected chi connectivity index (χ3v) is 6.84. The Kier molecular flexibility index (Phi) is 6.75. The normalized spacial score (nSPS) is 10.9. The first-order valence-corrected chi connectivity index (χ1v) is 12.1. The fourth-order valence-electron chi connectivity index (χ4n) is 3.11. The first-order chi connectivity index (χ1) is 15.0. The van der Waals surface area contributed by atoms with Crippen LogP contribution < -0.4 is 4.90 Å². The summed E-state index contributed by atoms with van der Waals surface area (Å²) < 4.78 is 2.02. The van der Waals surface area contributed by atoms with Crippen LogP contribution in [0.25, 0.3) is 5.69 Å². The molecule has 0 aliphatic heterocycles. The lowest BCUT2D eigenvalue weighted by molar-refractivity contribution is -0.115. The van der Waals surface area contributed by atoms with E-state index in [9.17, 15) is 4.79 Å². The van der Waals surface area contributed by atoms with Gasteiger partial charge in [0.1, 0.15) is 0 Å². The maximum absolute atomic E-state index is 12.3. The van der Waals surface area contributed by atoms with Crippen molar-refractivity contribution in [1.29, 1.82) is 0 Å². The molecule has 4 rings (SSSR count). The predicted octanol–water partition coefficient (Wildman–Crippen LogP) is 6.52. The number of anilines is 2. The van der Waals surface area contributed by atoms with Gasteiger partial charge in [-0.2, -0.15) is 0 Å². The molecule has 0 fully saturated rings. The molecular formula is C23H21ClN4OS2. The summed E-state index contributed by atoms with van der Waals surface area (Å²) in [4.78, 5) is 23.2. The second-order valence-corrected chi connectivity index (χ2v) is 9.06. The number of halogens is 1. The van der Waals surface area contributed by atoms with Gasteiger partial charge in [-0.25, -0.2) is 9.97 Å². The van der Waals surface area contributed by atoms with Gasteiger partial charge in [0.2, 0.25) is 5.91 Å². The molecule has 0 spiro atoms. The molecule has 0 aliphatic rings. The van der Waals surface area contributed by atoms with Gasteiger partial charge in [0.05, 0.1) is 11.4 Å². The average Bonchev–Trinajstić information content (AvgIpc) is 3.43. The van der Waals surface area contributed by atoms with E-state index in [0.29, 0.717) is 15.9 Å². The highest BCUT2D eigenvalue weighted by Gasteiger charge is 2.18. The number of carbonyl (C=O) groups excluding carboxylic acids is 1. The van der Waals surface area contributed by atoms with Crippen molar-refractivity contribution >= 4 is 51.4 Å². The van der Waals surface area contributed by atoms with Crippen LogP contribution in [0.4, 0.5) is 10.8 Å². The van der Waals surface area contributed by atoms with Gasteiger partial charge in [0.25, 0.3) is 0 Å². The zero-order chi connectivity index (χ0) is 21.8. The molecule has 2 heterocycles. The Morgan fingerprint density at radius 2 is 1.90 bits per heavy atom. The monoisotopic (exact) mass is 468 g/mol. The number of thiazole rings is 1. The summed E-state index contributed by atoms with van der Waals surface area (Å²) in [5.41, 5.74) is 3.98. The Morgan fingerprint density at radius 3 is 2.58 bits per heavy atom. The van der Waals surface area contributed by atoms with Crippen molar-refractivity contribution in [3.05, 3.63) is 82.6 Å². The van der Waals surface area contributed by atoms with E-state index in [-0.39, 0.29) is 5.91 Å². The third kappa shape index (κ3) is 5.01. The van der Waals surface area contributed by atoms with Gasteiger partial charge in [0, 0.05) is 41.2 Å². The van der Waals surface area contributed by atoms with Gasteiger partial charge in [-0.05, 0) is 48.4 Å². The zero-order valence-electron chi connectivity index (χ0n) is 17.2. The Morgan fingerprint density at radius 1 is 1.16 bits per heavy atom. The molecule has 0 aliphatic carbocycles. The van der Waals surface area contributed by atoms with Crippen LogP contribution in [-0.4, -0.2) is 20.4 Å². The Hall–Kier alpha value is -2.61. The van der Waals surface area contributed by atoms with E-state index in [2.05, 4.69) is 11.9 Å². The molecule has 0 N–H and O–H groups in total. The lowest BCUT2D eigenvalue weighted by Gasteiger charge is -2.18. The standard InChI is InChI=1S/C23H21ClN4OS2/c1-3-17-4-8-21(9-5-17)28(16(2)29)23-26-19(15-31-23)14-30-22-25-12-13-27(22)20-10-6-18(24)7-11-20/h4-13,15H,3,14H2,1-2H3. The van der Waals surface area contributed by atoms with Gasteiger partial charge in [0.15, 0.2) is 10.3 Å². The molecule has 0 bridgehead atoms. The van der Waals surface area contributed by atoms with Crippen LogP contribution in [0.1, 0.15) is 25.1 Å². The van der Waals surface area contributed by atoms with Gasteiger partial charge in [-0.1, -0.05) is 42.4 Å². The summed E-state index contributed by atoms with van der Waals surface area (Å²) in [6.07, 6.45) is 4.67. The Bertz CT molecular complexity index is 1170. The van der Waals surface area contributed by atoms with E-state index in [0.717, 1.165) is 28.6 Å². The number of aryl methyl sites for hydroxylation is 1. The first kappa shape index (κ1) is 21.6. The number of thioether (sulfide) groups is 1. The smallest absolute Gasteiger partial charge is 0.230 e. The van der Waals surface area contributed by atoms with E-state index in [1.54, 1.807) is 29.8 Å². The zero-order valence-corrected chi connectivity index (χ0v) is 19.5. The van der Waals surface area contributed by atoms with Crippen molar-refractivity contribution in [2.75, 3.05) is 4.90 Å². The van der Waals surface area contributed by atoms with E-state index in [4.69, 9.17) is 16.6 Å². The van der Waals surface area contributed by atoms with E-state index >= 15 is 0 Å². The topological polar surface area (TPSA) is 51.0 Å². The summed E-state index contributed by atoms with van der Waals surface area (Å²) in [5.74, 6) is 0.595. The molecule has 1 amide bonds. The Balaban J connectivity index is 1.49. The van der Waals surface area contributed by atoms with Crippen LogP contribution in [0.15, 0.2) is 71.5 Å². The minimum Gasteiger partial charge on any atom is -0.295 e. The van der Waals surface area contributed by atoms with Crippen LogP contribution in [0.3, 0.4) is 0 Å². The second kappa shape index (κ2) is 9.68. The third-order valence-electron chi connectivity index (χ3n) is 4.71. The number of imidazole rings is 1. The van der Waals surface area contributed by atoms with Crippen molar-refractivity contribution < 1.29 is 4.79 Å². The van der Waals surface area contributed by atoms with Crippen LogP contribution >= 0.6 is 34.7 Å². The van der Waals surface area contributed by atoms with Crippen LogP contribution in [0.5, 0.6) is 0 Å². The molecule has 2 aromatic heterocycles. The highest BCUT2D eigenvalue weighted by molar-refractivity contribution is 7.98. The maximum atomic E-state index is 12.3. The van der Waals surface area contributed by atoms with Crippen LogP contribution in [-0.2, 0) is 17.0 Å². The van der Waals surface area contributed by atoms with Crippen LogP contribution in [0, 0.1) is 0 Å². The fourth-order valence-corrected chi connectivity index (χ4v) is 5.09. The van der Waals surface area contributed by atoms with E-state index in [1.807, 2.05) is 64.7 Å². The molecule has 5 nitrogen and oxygen atoms in total. The molecule has 158 valence electrons. The van der Waals surface area contributed by atoms with Gasteiger partial charge in [-0.15, -0.1) is 11.3 Å². The lowest BCUT2D eigenvalue weighted by Crippen LogP contribution is -2.22. The number of nitrogens with zero attached hydrogens (tertiary/aromatic N) is 4. The minimum absolute atomic E-state index is 0.0592. The van der Waals surface area contributed by atoms with Crippen molar-refractivity contribution in [3.63, 3.8) is 0 Å². The quantitative estimate of drug-likeness (QED) is 0.289. The maximum Gasteiger partial charge on any atom is 0.230 e. The van der Waals surface area contributed by atoms with Crippen molar-refractivity contribution in [2.45, 2.75) is 31.2 Å². The van der Waals surface area contributed by atoms with Gasteiger partial charge >= 0.3 is 0 Å². The Labute approximate surface area is 194 Å². The number of benzene rings is 2. The van der Waals surface area contributed by atoms with Crippen LogP contribution in [0.2, 0.25) is 5.02 Å². The average molecular weight is 469 g/mol. The van der Waals surface area contributed by atoms with Gasteiger partial charge in [-0.3, -0.25) is 14.3 Å². The molecule has 4 aromatic rings. The number of hydrogen-bond donors (Lipinski definition) is 0. The first-order valence-electron chi connectivity index (χ1n) is 9.81. The minimum atomic E-state index is -0.0592. The van der Waals surface area contributed by atoms with Gasteiger partial charge < -0.3 is 0 Å². The molecular weight excluding hydrogens is 448 g/mol. The summed E-state index contributed by atoms with van der Waals surface area (Å²) >= 11 is 9.07. The molecule has 0 radical (unpaired) electrons. The number of carbonyl (C=O) groups is 1. The van der Waals surface area contributed by atoms with E-state index < -0.39 is 0 Å². The largest absolute Gasteiger partial charge is 0.295 e. The number of rotatable bonds is 7. The number of aromatic nitrogens is 3. The van der Waals surface area contributed by atoms with Crippen molar-refractivity contribution in [2.24, 2.45) is 0 Å². The summed E-state index contributed by atoms with van der Waals surface area (Å²) in [7, 11) is 0. The predicted molar refractivity (Wildman–Crippen MR) is 129 cm³/mol.